The second kappa shape index (κ2) is 4.41. The highest BCUT2D eigenvalue weighted by Gasteiger charge is 2.28. The van der Waals surface area contributed by atoms with E-state index in [1.165, 1.54) is 0 Å². The van der Waals surface area contributed by atoms with Crippen LogP contribution < -0.4 is 0 Å². The molecule has 0 N–H and O–H groups in total. The van der Waals surface area contributed by atoms with Crippen molar-refractivity contribution in [3.05, 3.63) is 9.81 Å². The number of hydrogen-bond acceptors (Lipinski definition) is 4. The molecule has 76 valence electrons. The van der Waals surface area contributed by atoms with Gasteiger partial charge in [-0.3, -0.25) is 4.79 Å². The Kier molecular flexibility index (Phi) is 3.68. The van der Waals surface area contributed by atoms with Crippen molar-refractivity contribution in [3.8, 4) is 6.07 Å². The standard InChI is InChI=1S/C10H13NOS2/c1-10(2,3)8(12)7(6-11)9-13-4-5-14-9/h4-5H2,1-3H3. The van der Waals surface area contributed by atoms with Crippen LogP contribution in [0.15, 0.2) is 9.81 Å². The van der Waals surface area contributed by atoms with Crippen molar-refractivity contribution < 1.29 is 4.79 Å². The Labute approximate surface area is 93.1 Å². The van der Waals surface area contributed by atoms with Gasteiger partial charge in [-0.2, -0.15) is 5.26 Å². The first kappa shape index (κ1) is 11.7. The predicted molar refractivity (Wildman–Crippen MR) is 62.0 cm³/mol. The van der Waals surface area contributed by atoms with E-state index < -0.39 is 5.41 Å². The van der Waals surface area contributed by atoms with Crippen LogP contribution in [-0.4, -0.2) is 17.3 Å². The van der Waals surface area contributed by atoms with Gasteiger partial charge in [0.1, 0.15) is 11.6 Å². The fraction of sp³-hybridized carbons (Fsp3) is 0.600. The molecule has 0 amide bonds. The monoisotopic (exact) mass is 227 g/mol. The second-order valence-electron chi connectivity index (χ2n) is 4.05. The highest BCUT2D eigenvalue weighted by molar-refractivity contribution is 8.25. The van der Waals surface area contributed by atoms with E-state index in [0.717, 1.165) is 15.7 Å². The molecule has 1 rings (SSSR count). The van der Waals surface area contributed by atoms with Crippen LogP contribution in [0.2, 0.25) is 0 Å². The van der Waals surface area contributed by atoms with Crippen LogP contribution in [0.4, 0.5) is 0 Å². The van der Waals surface area contributed by atoms with Gasteiger partial charge in [0.05, 0.1) is 4.24 Å². The first-order valence-electron chi connectivity index (χ1n) is 4.41. The molecule has 14 heavy (non-hydrogen) atoms. The normalized spacial score (nSPS) is 16.6. The minimum Gasteiger partial charge on any atom is -0.293 e. The van der Waals surface area contributed by atoms with E-state index in [1.807, 2.05) is 26.8 Å². The van der Waals surface area contributed by atoms with E-state index in [9.17, 15) is 4.79 Å². The summed E-state index contributed by atoms with van der Waals surface area (Å²) in [6, 6.07) is 2.04. The molecule has 0 aromatic carbocycles. The Morgan fingerprint density at radius 1 is 1.36 bits per heavy atom. The number of allylic oxidation sites excluding steroid dienone is 1. The van der Waals surface area contributed by atoms with Gasteiger partial charge >= 0.3 is 0 Å². The Balaban J connectivity index is 2.99. The molecule has 0 spiro atoms. The van der Waals surface area contributed by atoms with Crippen LogP contribution in [-0.2, 0) is 4.79 Å². The number of carbonyl (C=O) groups excluding carboxylic acids is 1. The first-order chi connectivity index (χ1) is 6.46. The Morgan fingerprint density at radius 2 is 1.86 bits per heavy atom. The smallest absolute Gasteiger partial charge is 0.180 e. The van der Waals surface area contributed by atoms with Crippen LogP contribution in [0.1, 0.15) is 20.8 Å². The number of ketones is 1. The number of nitrogens with zero attached hydrogens (tertiary/aromatic N) is 1. The lowest BCUT2D eigenvalue weighted by atomic mass is 9.87. The van der Waals surface area contributed by atoms with Gasteiger partial charge in [0, 0.05) is 16.9 Å². The largest absolute Gasteiger partial charge is 0.293 e. The molecule has 0 bridgehead atoms. The lowest BCUT2D eigenvalue weighted by molar-refractivity contribution is -0.122. The summed E-state index contributed by atoms with van der Waals surface area (Å²) in [6.07, 6.45) is 0. The molecule has 0 aromatic rings. The topological polar surface area (TPSA) is 40.9 Å². The van der Waals surface area contributed by atoms with Crippen molar-refractivity contribution in [1.29, 1.82) is 5.26 Å². The Hall–Kier alpha value is -0.400. The Bertz CT molecular complexity index is 312. The number of hydrogen-bond donors (Lipinski definition) is 0. The molecule has 0 aromatic heterocycles. The van der Waals surface area contributed by atoms with Crippen molar-refractivity contribution in [2.24, 2.45) is 5.41 Å². The lowest BCUT2D eigenvalue weighted by Gasteiger charge is -2.16. The number of nitriles is 1. The number of Topliss-reactive ketones (excluding diaryl/α,β-unsaturated/α-hetero) is 1. The summed E-state index contributed by atoms with van der Waals surface area (Å²) < 4.78 is 0.910. The summed E-state index contributed by atoms with van der Waals surface area (Å²) in [5, 5.41) is 8.96. The summed E-state index contributed by atoms with van der Waals surface area (Å²) in [7, 11) is 0. The molecule has 0 unspecified atom stereocenters. The van der Waals surface area contributed by atoms with E-state index in [4.69, 9.17) is 5.26 Å². The fourth-order valence-electron chi connectivity index (χ4n) is 1.02. The van der Waals surface area contributed by atoms with Crippen LogP contribution in [0.3, 0.4) is 0 Å². The van der Waals surface area contributed by atoms with Crippen molar-refractivity contribution >= 4 is 29.3 Å². The summed E-state index contributed by atoms with van der Waals surface area (Å²) in [5.74, 6) is 1.96. The van der Waals surface area contributed by atoms with Gasteiger partial charge in [-0.05, 0) is 0 Å². The number of thioether (sulfide) groups is 2. The molecular weight excluding hydrogens is 214 g/mol. The average Bonchev–Trinajstić information content (AvgIpc) is 2.57. The zero-order chi connectivity index (χ0) is 10.8. The van der Waals surface area contributed by atoms with E-state index in [-0.39, 0.29) is 5.78 Å². The average molecular weight is 227 g/mol. The van der Waals surface area contributed by atoms with Gasteiger partial charge in [-0.1, -0.05) is 20.8 Å². The molecule has 1 saturated heterocycles. The van der Waals surface area contributed by atoms with Crippen molar-refractivity contribution in [3.63, 3.8) is 0 Å². The van der Waals surface area contributed by atoms with E-state index in [0.29, 0.717) is 5.57 Å². The predicted octanol–water partition coefficient (Wildman–Crippen LogP) is 2.82. The van der Waals surface area contributed by atoms with Gasteiger partial charge in [-0.15, -0.1) is 23.5 Å². The summed E-state index contributed by atoms with van der Waals surface area (Å²) in [5.41, 5.74) is -0.105. The molecular formula is C10H13NOS2. The maximum atomic E-state index is 11.9. The molecule has 1 fully saturated rings. The van der Waals surface area contributed by atoms with Crippen LogP contribution >= 0.6 is 23.5 Å². The number of rotatable bonds is 1. The van der Waals surface area contributed by atoms with Gasteiger partial charge in [0.15, 0.2) is 5.78 Å². The first-order valence-corrected chi connectivity index (χ1v) is 6.38. The maximum Gasteiger partial charge on any atom is 0.180 e. The van der Waals surface area contributed by atoms with Crippen LogP contribution in [0, 0.1) is 16.7 Å². The molecule has 1 heterocycles. The molecule has 0 saturated carbocycles. The molecule has 1 aliphatic rings. The van der Waals surface area contributed by atoms with E-state index >= 15 is 0 Å². The zero-order valence-corrected chi connectivity index (χ0v) is 10.2. The van der Waals surface area contributed by atoms with Crippen LogP contribution in [0.25, 0.3) is 0 Å². The third-order valence-corrected chi connectivity index (χ3v) is 4.49. The molecule has 0 atom stereocenters. The minimum atomic E-state index is -0.457. The molecule has 0 radical (unpaired) electrons. The SMILES string of the molecule is CC(C)(C)C(=O)C(C#N)=C1SCCS1. The zero-order valence-electron chi connectivity index (χ0n) is 8.59. The van der Waals surface area contributed by atoms with Gasteiger partial charge < -0.3 is 0 Å². The van der Waals surface area contributed by atoms with Gasteiger partial charge in [-0.25, -0.2) is 0 Å². The second-order valence-corrected chi connectivity index (χ2v) is 6.52. The van der Waals surface area contributed by atoms with Crippen molar-refractivity contribution in [2.45, 2.75) is 20.8 Å². The quantitative estimate of drug-likeness (QED) is 0.510. The minimum absolute atomic E-state index is 0.0445. The van der Waals surface area contributed by atoms with E-state index in [1.54, 1.807) is 23.5 Å². The van der Waals surface area contributed by atoms with Gasteiger partial charge in [0.2, 0.25) is 0 Å². The van der Waals surface area contributed by atoms with Crippen LogP contribution in [0.5, 0.6) is 0 Å². The Morgan fingerprint density at radius 3 is 2.21 bits per heavy atom. The lowest BCUT2D eigenvalue weighted by Crippen LogP contribution is -2.21. The third kappa shape index (κ3) is 2.55. The van der Waals surface area contributed by atoms with Crippen molar-refractivity contribution in [1.82, 2.24) is 0 Å². The summed E-state index contributed by atoms with van der Waals surface area (Å²) >= 11 is 3.24. The molecule has 2 nitrogen and oxygen atoms in total. The number of carbonyl (C=O) groups is 1. The highest BCUT2D eigenvalue weighted by atomic mass is 32.2. The van der Waals surface area contributed by atoms with Crippen molar-refractivity contribution in [2.75, 3.05) is 11.5 Å². The third-order valence-electron chi connectivity index (χ3n) is 1.77. The summed E-state index contributed by atoms with van der Waals surface area (Å²) in [6.45, 7) is 5.53. The highest BCUT2D eigenvalue weighted by Crippen LogP contribution is 2.40. The molecule has 4 heteroatoms. The fourth-order valence-corrected chi connectivity index (χ4v) is 3.45. The van der Waals surface area contributed by atoms with Gasteiger partial charge in [0.25, 0.3) is 0 Å². The van der Waals surface area contributed by atoms with E-state index in [2.05, 4.69) is 0 Å². The molecule has 1 aliphatic heterocycles. The molecule has 0 aliphatic carbocycles. The summed E-state index contributed by atoms with van der Waals surface area (Å²) in [4.78, 5) is 11.9. The maximum absolute atomic E-state index is 11.9.